The van der Waals surface area contributed by atoms with Crippen LogP contribution in [0.1, 0.15) is 44.6 Å². The summed E-state index contributed by atoms with van der Waals surface area (Å²) in [6.07, 6.45) is 3.72. The van der Waals surface area contributed by atoms with Crippen LogP contribution in [0.4, 0.5) is 0 Å². The molecule has 0 saturated carbocycles. The van der Waals surface area contributed by atoms with Crippen molar-refractivity contribution in [2.24, 2.45) is 5.92 Å². The highest BCUT2D eigenvalue weighted by Crippen LogP contribution is 2.43. The molecular formula is C13H18N2O2. The van der Waals surface area contributed by atoms with Crippen molar-refractivity contribution in [2.45, 2.75) is 45.3 Å². The van der Waals surface area contributed by atoms with Gasteiger partial charge in [-0.15, -0.1) is 0 Å². The van der Waals surface area contributed by atoms with Gasteiger partial charge in [0.2, 0.25) is 0 Å². The van der Waals surface area contributed by atoms with Crippen molar-refractivity contribution < 1.29 is 9.53 Å². The molecule has 17 heavy (non-hydrogen) atoms. The van der Waals surface area contributed by atoms with Gasteiger partial charge >= 0.3 is 0 Å². The van der Waals surface area contributed by atoms with Crippen molar-refractivity contribution in [3.05, 3.63) is 24.3 Å². The lowest BCUT2D eigenvalue weighted by Crippen LogP contribution is -2.34. The number of ether oxygens (including phenoxy) is 1. The zero-order valence-electron chi connectivity index (χ0n) is 10.7. The number of Topliss-reactive ketones (excluding diaryl/α,β-unsaturated/α-hetero) is 1. The highest BCUT2D eigenvalue weighted by Gasteiger charge is 2.49. The number of nitrogens with zero attached hydrogens (tertiary/aromatic N) is 2. The molecular weight excluding hydrogens is 216 g/mol. The lowest BCUT2D eigenvalue weighted by Gasteiger charge is -2.26. The van der Waals surface area contributed by atoms with E-state index >= 15 is 0 Å². The first kappa shape index (κ1) is 12.2. The van der Waals surface area contributed by atoms with Crippen molar-refractivity contribution in [1.29, 1.82) is 0 Å². The van der Waals surface area contributed by atoms with E-state index in [1.54, 1.807) is 12.3 Å². The molecule has 0 aromatic carbocycles. The van der Waals surface area contributed by atoms with Crippen LogP contribution < -0.4 is 0 Å². The number of rotatable bonds is 2. The number of ketones is 1. The number of hydrogen-bond acceptors (Lipinski definition) is 4. The van der Waals surface area contributed by atoms with Crippen LogP contribution in [-0.2, 0) is 4.74 Å². The molecule has 1 aromatic heterocycles. The molecule has 1 aliphatic heterocycles. The first-order chi connectivity index (χ1) is 7.82. The van der Waals surface area contributed by atoms with Crippen LogP contribution in [0.3, 0.4) is 0 Å². The van der Waals surface area contributed by atoms with Gasteiger partial charge in [0.15, 0.2) is 5.78 Å². The Kier molecular flexibility index (Phi) is 2.78. The number of carbonyl (C=O) groups is 1. The molecule has 1 unspecified atom stereocenters. The average Bonchev–Trinajstić information content (AvgIpc) is 2.47. The Morgan fingerprint density at radius 2 is 2.12 bits per heavy atom. The maximum atomic E-state index is 12.4. The summed E-state index contributed by atoms with van der Waals surface area (Å²) in [5, 5.41) is 0. The van der Waals surface area contributed by atoms with Gasteiger partial charge in [0.1, 0.15) is 12.0 Å². The van der Waals surface area contributed by atoms with Gasteiger partial charge in [0.05, 0.1) is 17.1 Å². The molecule has 1 fully saturated rings. The van der Waals surface area contributed by atoms with Crippen molar-refractivity contribution in [3.63, 3.8) is 0 Å². The molecule has 0 radical (unpaired) electrons. The maximum absolute atomic E-state index is 12.4. The molecule has 1 aromatic rings. The molecule has 4 nitrogen and oxygen atoms in total. The van der Waals surface area contributed by atoms with E-state index in [0.29, 0.717) is 5.69 Å². The predicted molar refractivity (Wildman–Crippen MR) is 63.7 cm³/mol. The summed E-state index contributed by atoms with van der Waals surface area (Å²) in [7, 11) is 0. The van der Waals surface area contributed by atoms with Crippen molar-refractivity contribution >= 4 is 5.78 Å². The Balaban J connectivity index is 2.27. The monoisotopic (exact) mass is 234 g/mol. The van der Waals surface area contributed by atoms with E-state index in [0.717, 1.165) is 6.42 Å². The molecule has 0 bridgehead atoms. The molecule has 0 N–H and O–H groups in total. The first-order valence-electron chi connectivity index (χ1n) is 5.82. The number of aromatic nitrogens is 2. The van der Waals surface area contributed by atoms with Crippen molar-refractivity contribution in [3.8, 4) is 0 Å². The minimum absolute atomic E-state index is 0.0444. The molecule has 2 rings (SSSR count). The zero-order valence-corrected chi connectivity index (χ0v) is 10.7. The highest BCUT2D eigenvalue weighted by molar-refractivity contribution is 5.97. The van der Waals surface area contributed by atoms with Gasteiger partial charge in [-0.2, -0.15) is 0 Å². The average molecular weight is 234 g/mol. The third-order valence-electron chi connectivity index (χ3n) is 3.23. The largest absolute Gasteiger partial charge is 0.369 e. The Hall–Kier alpha value is -1.29. The Bertz CT molecular complexity index is 426. The summed E-state index contributed by atoms with van der Waals surface area (Å²) in [4.78, 5) is 20.2. The van der Waals surface area contributed by atoms with E-state index < -0.39 is 5.60 Å². The van der Waals surface area contributed by atoms with Crippen LogP contribution in [0.5, 0.6) is 0 Å². The molecule has 4 heteroatoms. The van der Waals surface area contributed by atoms with Gasteiger partial charge in [-0.25, -0.2) is 9.97 Å². The Labute approximate surface area is 101 Å². The summed E-state index contributed by atoms with van der Waals surface area (Å²) in [6.45, 7) is 7.96. The molecule has 1 aliphatic rings. The minimum Gasteiger partial charge on any atom is -0.369 e. The molecule has 0 spiro atoms. The minimum atomic E-state index is -0.439. The molecule has 1 atom stereocenters. The molecule has 0 aliphatic carbocycles. The normalized spacial score (nSPS) is 25.8. The van der Waals surface area contributed by atoms with Gasteiger partial charge in [-0.05, 0) is 40.2 Å². The molecule has 2 heterocycles. The first-order valence-corrected chi connectivity index (χ1v) is 5.82. The second-order valence-electron chi connectivity index (χ2n) is 5.68. The van der Waals surface area contributed by atoms with Gasteiger partial charge in [0.25, 0.3) is 0 Å². The van der Waals surface area contributed by atoms with Crippen LogP contribution in [0, 0.1) is 5.92 Å². The Morgan fingerprint density at radius 1 is 1.41 bits per heavy atom. The number of hydrogen-bond donors (Lipinski definition) is 0. The number of carbonyl (C=O) groups excluding carboxylic acids is 1. The lowest BCUT2D eigenvalue weighted by atomic mass is 9.83. The van der Waals surface area contributed by atoms with Crippen LogP contribution in [0.25, 0.3) is 0 Å². The summed E-state index contributed by atoms with van der Waals surface area (Å²) in [6, 6.07) is 1.66. The van der Waals surface area contributed by atoms with E-state index in [9.17, 15) is 4.79 Å². The third-order valence-corrected chi connectivity index (χ3v) is 3.23. The van der Waals surface area contributed by atoms with Gasteiger partial charge in [-0.1, -0.05) is 0 Å². The predicted octanol–water partition coefficient (Wildman–Crippen LogP) is 2.25. The molecule has 92 valence electrons. The summed E-state index contributed by atoms with van der Waals surface area (Å²) in [5.41, 5.74) is -0.220. The van der Waals surface area contributed by atoms with Crippen molar-refractivity contribution in [1.82, 2.24) is 9.97 Å². The fourth-order valence-corrected chi connectivity index (χ4v) is 2.59. The van der Waals surface area contributed by atoms with E-state index in [-0.39, 0.29) is 17.3 Å². The fourth-order valence-electron chi connectivity index (χ4n) is 2.59. The zero-order chi connectivity index (χ0) is 12.7. The van der Waals surface area contributed by atoms with Crippen LogP contribution >= 0.6 is 0 Å². The quantitative estimate of drug-likeness (QED) is 0.736. The maximum Gasteiger partial charge on any atom is 0.187 e. The van der Waals surface area contributed by atoms with Crippen LogP contribution in [0.2, 0.25) is 0 Å². The van der Waals surface area contributed by atoms with Crippen LogP contribution in [-0.4, -0.2) is 27.0 Å². The van der Waals surface area contributed by atoms with Crippen molar-refractivity contribution in [2.75, 3.05) is 0 Å². The lowest BCUT2D eigenvalue weighted by molar-refractivity contribution is -0.0712. The second kappa shape index (κ2) is 3.88. The highest BCUT2D eigenvalue weighted by atomic mass is 16.5. The molecule has 1 saturated heterocycles. The smallest absolute Gasteiger partial charge is 0.187 e. The van der Waals surface area contributed by atoms with Gasteiger partial charge < -0.3 is 4.74 Å². The van der Waals surface area contributed by atoms with Crippen LogP contribution in [0.15, 0.2) is 18.6 Å². The summed E-state index contributed by atoms with van der Waals surface area (Å²) < 4.78 is 5.93. The van der Waals surface area contributed by atoms with E-state index in [2.05, 4.69) is 9.97 Å². The third kappa shape index (κ3) is 2.36. The summed E-state index contributed by atoms with van der Waals surface area (Å²) >= 11 is 0. The second-order valence-corrected chi connectivity index (χ2v) is 5.68. The molecule has 0 amide bonds. The Morgan fingerprint density at radius 3 is 2.59 bits per heavy atom. The standard InChI is InChI=1S/C13H18N2O2/c1-12(2)7-9(13(3,4)17-12)11(16)10-5-6-14-8-15-10/h5-6,8-9H,7H2,1-4H3. The van der Waals surface area contributed by atoms with E-state index in [4.69, 9.17) is 4.74 Å². The topological polar surface area (TPSA) is 52.1 Å². The van der Waals surface area contributed by atoms with E-state index in [1.807, 2.05) is 27.7 Å². The fraction of sp³-hybridized carbons (Fsp3) is 0.615. The summed E-state index contributed by atoms with van der Waals surface area (Å²) in [5.74, 6) is -0.102. The van der Waals surface area contributed by atoms with E-state index in [1.165, 1.54) is 6.33 Å². The SMILES string of the molecule is CC1(C)CC(C(=O)c2ccncn2)C(C)(C)O1. The van der Waals surface area contributed by atoms with Gasteiger partial charge in [-0.3, -0.25) is 4.79 Å². The van der Waals surface area contributed by atoms with Gasteiger partial charge in [0, 0.05) is 6.20 Å².